The lowest BCUT2D eigenvalue weighted by molar-refractivity contribution is -0.0511. The summed E-state index contributed by atoms with van der Waals surface area (Å²) in [4.78, 5) is 8.68. The molecule has 1 saturated carbocycles. The Balaban J connectivity index is 2.07. The fourth-order valence-corrected chi connectivity index (χ4v) is 2.41. The third-order valence-electron chi connectivity index (χ3n) is 3.80. The molecule has 3 N–H and O–H groups in total. The summed E-state index contributed by atoms with van der Waals surface area (Å²) in [6.45, 7) is 7.08. The molecular weight excluding hydrogens is 308 g/mol. The lowest BCUT2D eigenvalue weighted by Gasteiger charge is -2.49. The number of nitrogens with zero attached hydrogens (tertiary/aromatic N) is 2. The van der Waals surface area contributed by atoms with Gasteiger partial charge in [0, 0.05) is 24.2 Å². The van der Waals surface area contributed by atoms with Crippen molar-refractivity contribution < 1.29 is 5.11 Å². The molecule has 1 aliphatic carbocycles. The molecule has 0 aromatic carbocycles. The first-order chi connectivity index (χ1) is 8.95. The molecule has 0 spiro atoms. The Morgan fingerprint density at radius 2 is 2.26 bits per heavy atom. The van der Waals surface area contributed by atoms with Crippen molar-refractivity contribution in [2.75, 3.05) is 17.2 Å². The van der Waals surface area contributed by atoms with Gasteiger partial charge < -0.3 is 15.7 Å². The van der Waals surface area contributed by atoms with Gasteiger partial charge in [0.05, 0.1) is 10.6 Å². The van der Waals surface area contributed by atoms with Crippen LogP contribution in [0, 0.1) is 5.41 Å². The Labute approximate surface area is 122 Å². The summed E-state index contributed by atoms with van der Waals surface area (Å²) in [5, 5.41) is 16.3. The molecule has 19 heavy (non-hydrogen) atoms. The zero-order valence-corrected chi connectivity index (χ0v) is 13.2. The number of halogens is 1. The molecule has 1 fully saturated rings. The highest BCUT2D eigenvalue weighted by atomic mass is 79.9. The van der Waals surface area contributed by atoms with Crippen molar-refractivity contribution in [3.05, 3.63) is 10.7 Å². The number of aromatic nitrogens is 2. The van der Waals surface area contributed by atoms with Crippen LogP contribution in [0.2, 0.25) is 0 Å². The first-order valence-corrected chi connectivity index (χ1v) is 7.45. The van der Waals surface area contributed by atoms with Gasteiger partial charge in [-0.2, -0.15) is 4.98 Å². The van der Waals surface area contributed by atoms with Crippen LogP contribution in [-0.2, 0) is 0 Å². The summed E-state index contributed by atoms with van der Waals surface area (Å²) in [5.41, 5.74) is -0.124. The van der Waals surface area contributed by atoms with Crippen LogP contribution in [0.25, 0.3) is 0 Å². The van der Waals surface area contributed by atoms with E-state index in [2.05, 4.69) is 57.3 Å². The van der Waals surface area contributed by atoms with Gasteiger partial charge in [-0.15, -0.1) is 0 Å². The second kappa shape index (κ2) is 5.63. The van der Waals surface area contributed by atoms with Crippen molar-refractivity contribution >= 4 is 27.7 Å². The molecule has 6 heteroatoms. The third kappa shape index (κ3) is 3.00. The summed E-state index contributed by atoms with van der Waals surface area (Å²) < 4.78 is 0.840. The molecule has 0 amide bonds. The van der Waals surface area contributed by atoms with E-state index in [-0.39, 0.29) is 17.6 Å². The minimum Gasteiger partial charge on any atom is -0.392 e. The fraction of sp³-hybridized carbons (Fsp3) is 0.692. The molecule has 1 heterocycles. The van der Waals surface area contributed by atoms with Gasteiger partial charge in [0.1, 0.15) is 5.82 Å². The number of nitrogens with one attached hydrogen (secondary N) is 2. The van der Waals surface area contributed by atoms with Crippen LogP contribution in [0.5, 0.6) is 0 Å². The monoisotopic (exact) mass is 328 g/mol. The number of aliphatic hydroxyl groups is 1. The summed E-state index contributed by atoms with van der Waals surface area (Å²) in [6.07, 6.45) is 3.28. The van der Waals surface area contributed by atoms with E-state index in [9.17, 15) is 5.11 Å². The fourth-order valence-electron chi connectivity index (χ4n) is 2.10. The first kappa shape index (κ1) is 14.5. The highest BCUT2D eigenvalue weighted by Gasteiger charge is 2.47. The van der Waals surface area contributed by atoms with E-state index < -0.39 is 0 Å². The lowest BCUT2D eigenvalue weighted by atomic mass is 9.64. The zero-order chi connectivity index (χ0) is 14.0. The van der Waals surface area contributed by atoms with Crippen LogP contribution < -0.4 is 10.6 Å². The smallest absolute Gasteiger partial charge is 0.224 e. The van der Waals surface area contributed by atoms with Gasteiger partial charge in [-0.1, -0.05) is 20.8 Å². The van der Waals surface area contributed by atoms with Gasteiger partial charge in [0.2, 0.25) is 5.95 Å². The van der Waals surface area contributed by atoms with Gasteiger partial charge in [0.15, 0.2) is 0 Å². The Morgan fingerprint density at radius 1 is 1.53 bits per heavy atom. The molecule has 0 saturated heterocycles. The predicted molar refractivity (Wildman–Crippen MR) is 80.3 cm³/mol. The largest absolute Gasteiger partial charge is 0.392 e. The van der Waals surface area contributed by atoms with Crippen LogP contribution in [-0.4, -0.2) is 33.8 Å². The van der Waals surface area contributed by atoms with E-state index in [0.717, 1.165) is 29.7 Å². The average Bonchev–Trinajstić information content (AvgIpc) is 2.39. The van der Waals surface area contributed by atoms with Gasteiger partial charge in [-0.25, -0.2) is 4.98 Å². The lowest BCUT2D eigenvalue weighted by Crippen LogP contribution is -2.57. The van der Waals surface area contributed by atoms with Crippen LogP contribution >= 0.6 is 15.9 Å². The van der Waals surface area contributed by atoms with Crippen molar-refractivity contribution in [3.8, 4) is 0 Å². The first-order valence-electron chi connectivity index (χ1n) is 6.66. The SMILES string of the molecule is CCCNc1ncc(Br)c(NC2CC(O)C2(C)C)n1. The Kier molecular flexibility index (Phi) is 4.30. The normalized spacial score (nSPS) is 24.7. The molecular formula is C13H21BrN4O. The van der Waals surface area contributed by atoms with Gasteiger partial charge in [-0.3, -0.25) is 0 Å². The molecule has 0 aliphatic heterocycles. The van der Waals surface area contributed by atoms with Gasteiger partial charge in [-0.05, 0) is 28.8 Å². The molecule has 0 bridgehead atoms. The average molecular weight is 329 g/mol. The maximum Gasteiger partial charge on any atom is 0.224 e. The van der Waals surface area contributed by atoms with Crippen molar-refractivity contribution in [2.24, 2.45) is 5.41 Å². The molecule has 106 valence electrons. The van der Waals surface area contributed by atoms with Crippen LogP contribution in [0.4, 0.5) is 11.8 Å². The Hall–Kier alpha value is -0.880. The molecule has 2 atom stereocenters. The standard InChI is InChI=1S/C13H21BrN4O/c1-4-5-15-12-16-7-8(14)11(18-12)17-9-6-10(19)13(9,2)3/h7,9-10,19H,4-6H2,1-3H3,(H2,15,16,17,18). The Bertz CT molecular complexity index is 452. The van der Waals surface area contributed by atoms with E-state index in [0.29, 0.717) is 5.95 Å². The second-order valence-electron chi connectivity index (χ2n) is 5.59. The maximum atomic E-state index is 9.77. The van der Waals surface area contributed by atoms with Crippen molar-refractivity contribution in [3.63, 3.8) is 0 Å². The van der Waals surface area contributed by atoms with Crippen LogP contribution in [0.15, 0.2) is 10.7 Å². The minimum atomic E-state index is -0.247. The van der Waals surface area contributed by atoms with E-state index >= 15 is 0 Å². The van der Waals surface area contributed by atoms with Gasteiger partial charge in [0.25, 0.3) is 0 Å². The number of aliphatic hydroxyl groups excluding tert-OH is 1. The van der Waals surface area contributed by atoms with E-state index in [1.807, 2.05) is 0 Å². The molecule has 2 unspecified atom stereocenters. The van der Waals surface area contributed by atoms with E-state index in [1.54, 1.807) is 6.20 Å². The van der Waals surface area contributed by atoms with Crippen molar-refractivity contribution in [1.29, 1.82) is 0 Å². The number of anilines is 2. The summed E-state index contributed by atoms with van der Waals surface area (Å²) in [7, 11) is 0. The van der Waals surface area contributed by atoms with E-state index in [1.165, 1.54) is 0 Å². The van der Waals surface area contributed by atoms with Crippen molar-refractivity contribution in [2.45, 2.75) is 45.8 Å². The molecule has 0 radical (unpaired) electrons. The number of hydrogen-bond acceptors (Lipinski definition) is 5. The minimum absolute atomic E-state index is 0.124. The number of rotatable bonds is 5. The van der Waals surface area contributed by atoms with Crippen molar-refractivity contribution in [1.82, 2.24) is 9.97 Å². The van der Waals surface area contributed by atoms with Crippen LogP contribution in [0.3, 0.4) is 0 Å². The molecule has 5 nitrogen and oxygen atoms in total. The maximum absolute atomic E-state index is 9.77. The highest BCUT2D eigenvalue weighted by molar-refractivity contribution is 9.10. The number of hydrogen-bond donors (Lipinski definition) is 3. The second-order valence-corrected chi connectivity index (χ2v) is 6.44. The molecule has 1 aliphatic rings. The molecule has 1 aromatic rings. The Morgan fingerprint density at radius 3 is 2.84 bits per heavy atom. The van der Waals surface area contributed by atoms with E-state index in [4.69, 9.17) is 0 Å². The zero-order valence-electron chi connectivity index (χ0n) is 11.6. The third-order valence-corrected chi connectivity index (χ3v) is 4.38. The van der Waals surface area contributed by atoms with Gasteiger partial charge >= 0.3 is 0 Å². The molecule has 1 aromatic heterocycles. The quantitative estimate of drug-likeness (QED) is 0.775. The highest BCUT2D eigenvalue weighted by Crippen LogP contribution is 2.42. The summed E-state index contributed by atoms with van der Waals surface area (Å²) in [5.74, 6) is 1.41. The topological polar surface area (TPSA) is 70.1 Å². The summed E-state index contributed by atoms with van der Waals surface area (Å²) in [6, 6.07) is 0.229. The summed E-state index contributed by atoms with van der Waals surface area (Å²) >= 11 is 3.46. The molecule has 2 rings (SSSR count). The van der Waals surface area contributed by atoms with Crippen LogP contribution in [0.1, 0.15) is 33.6 Å². The predicted octanol–water partition coefficient (Wildman–Crippen LogP) is 2.63.